The summed E-state index contributed by atoms with van der Waals surface area (Å²) in [5, 5.41) is 0.977. The number of rotatable bonds is 3. The second-order valence-corrected chi connectivity index (χ2v) is 6.96. The van der Waals surface area contributed by atoms with Gasteiger partial charge >= 0.3 is 0 Å². The molecule has 0 fully saturated rings. The molecule has 3 rings (SSSR count). The summed E-state index contributed by atoms with van der Waals surface area (Å²) >= 11 is 11.4. The van der Waals surface area contributed by atoms with E-state index in [4.69, 9.17) is 23.2 Å². The van der Waals surface area contributed by atoms with Gasteiger partial charge in [0.15, 0.2) is 11.6 Å². The lowest BCUT2D eigenvalue weighted by Crippen LogP contribution is -2.14. The Bertz CT molecular complexity index is 973. The minimum Gasteiger partial charge on any atom is -0.360 e. The van der Waals surface area contributed by atoms with Crippen LogP contribution in [0.2, 0.25) is 10.0 Å². The fourth-order valence-corrected chi connectivity index (χ4v) is 3.48. The van der Waals surface area contributed by atoms with Gasteiger partial charge in [0, 0.05) is 28.3 Å². The number of anilines is 1. The van der Waals surface area contributed by atoms with Crippen LogP contribution in [0.3, 0.4) is 0 Å². The van der Waals surface area contributed by atoms with Gasteiger partial charge in [-0.15, -0.1) is 0 Å². The van der Waals surface area contributed by atoms with E-state index >= 15 is 0 Å². The van der Waals surface area contributed by atoms with Gasteiger partial charge in [-0.25, -0.2) is 17.8 Å². The van der Waals surface area contributed by atoms with E-state index in [1.807, 2.05) is 0 Å². The first kappa shape index (κ1) is 15.1. The van der Waals surface area contributed by atoms with Crippen molar-refractivity contribution in [3.05, 3.63) is 52.5 Å². The predicted molar refractivity (Wildman–Crippen MR) is 83.3 cm³/mol. The number of hydrogen-bond donors (Lipinski definition) is 2. The molecule has 0 saturated carbocycles. The minimum absolute atomic E-state index is 0.0321. The van der Waals surface area contributed by atoms with Crippen molar-refractivity contribution >= 4 is 49.9 Å². The van der Waals surface area contributed by atoms with E-state index in [0.717, 1.165) is 12.3 Å². The Morgan fingerprint density at radius 3 is 2.68 bits per heavy atom. The van der Waals surface area contributed by atoms with Crippen LogP contribution in [0.1, 0.15) is 0 Å². The number of pyridine rings is 1. The highest BCUT2D eigenvalue weighted by Gasteiger charge is 2.21. The minimum atomic E-state index is -4.01. The molecule has 0 aliphatic heterocycles. The second kappa shape index (κ2) is 5.42. The molecule has 114 valence electrons. The van der Waals surface area contributed by atoms with Crippen LogP contribution < -0.4 is 4.72 Å². The molecule has 2 heterocycles. The highest BCUT2D eigenvalue weighted by molar-refractivity contribution is 7.93. The highest BCUT2D eigenvalue weighted by Crippen LogP contribution is 2.27. The number of aromatic nitrogens is 2. The summed E-state index contributed by atoms with van der Waals surface area (Å²) in [5.74, 6) is -1.29. The summed E-state index contributed by atoms with van der Waals surface area (Å²) in [6.07, 6.45) is 2.45. The number of nitrogens with one attached hydrogen (secondary N) is 2. The van der Waals surface area contributed by atoms with E-state index in [0.29, 0.717) is 15.9 Å². The standard InChI is InChI=1S/C13H8Cl2FN3O2S/c14-7-1-2-9-11(4-7)17-6-12(9)22(20,21)19-13-10(16)3-8(15)5-18-13/h1-6,17H,(H,18,19). The molecule has 0 bridgehead atoms. The van der Waals surface area contributed by atoms with Gasteiger partial charge in [0.05, 0.1) is 5.02 Å². The van der Waals surface area contributed by atoms with E-state index in [1.165, 1.54) is 6.20 Å². The molecule has 5 nitrogen and oxygen atoms in total. The number of nitrogens with zero attached hydrogens (tertiary/aromatic N) is 1. The van der Waals surface area contributed by atoms with Crippen LogP contribution >= 0.6 is 23.2 Å². The Labute approximate surface area is 135 Å². The Morgan fingerprint density at radius 1 is 1.18 bits per heavy atom. The van der Waals surface area contributed by atoms with Gasteiger partial charge < -0.3 is 4.98 Å². The maximum atomic E-state index is 13.7. The third-order valence-corrected chi connectivity index (χ3v) is 4.75. The highest BCUT2D eigenvalue weighted by atomic mass is 35.5. The van der Waals surface area contributed by atoms with Crippen molar-refractivity contribution in [3.8, 4) is 0 Å². The Hall–Kier alpha value is -1.83. The van der Waals surface area contributed by atoms with Gasteiger partial charge in [-0.3, -0.25) is 4.72 Å². The Kier molecular flexibility index (Phi) is 3.72. The van der Waals surface area contributed by atoms with E-state index < -0.39 is 21.7 Å². The van der Waals surface area contributed by atoms with Crippen LogP contribution in [-0.4, -0.2) is 18.4 Å². The molecule has 0 unspecified atom stereocenters. The van der Waals surface area contributed by atoms with Gasteiger partial charge in [0.1, 0.15) is 4.90 Å². The summed E-state index contributed by atoms with van der Waals surface area (Å²) in [6.45, 7) is 0. The van der Waals surface area contributed by atoms with Gasteiger partial charge in [-0.1, -0.05) is 23.2 Å². The molecule has 0 aliphatic rings. The van der Waals surface area contributed by atoms with Crippen molar-refractivity contribution < 1.29 is 12.8 Å². The van der Waals surface area contributed by atoms with Crippen molar-refractivity contribution in [2.24, 2.45) is 0 Å². The van der Waals surface area contributed by atoms with Gasteiger partial charge in [0.25, 0.3) is 10.0 Å². The van der Waals surface area contributed by atoms with Crippen molar-refractivity contribution in [1.82, 2.24) is 9.97 Å². The van der Waals surface area contributed by atoms with Crippen LogP contribution in [0.15, 0.2) is 41.6 Å². The van der Waals surface area contributed by atoms with Crippen molar-refractivity contribution in [2.45, 2.75) is 4.90 Å². The van der Waals surface area contributed by atoms with Gasteiger partial charge in [0.2, 0.25) is 0 Å². The zero-order chi connectivity index (χ0) is 15.9. The first-order chi connectivity index (χ1) is 10.4. The lowest BCUT2D eigenvalue weighted by molar-refractivity contribution is 0.598. The van der Waals surface area contributed by atoms with E-state index in [1.54, 1.807) is 18.2 Å². The molecule has 22 heavy (non-hydrogen) atoms. The zero-order valence-corrected chi connectivity index (χ0v) is 13.1. The monoisotopic (exact) mass is 359 g/mol. The SMILES string of the molecule is O=S(=O)(Nc1ncc(Cl)cc1F)c1c[nH]c2cc(Cl)ccc12. The van der Waals surface area contributed by atoms with E-state index in [2.05, 4.69) is 14.7 Å². The fraction of sp³-hybridized carbons (Fsp3) is 0. The third kappa shape index (κ3) is 2.75. The summed E-state index contributed by atoms with van der Waals surface area (Å²) in [6, 6.07) is 5.70. The van der Waals surface area contributed by atoms with Crippen LogP contribution in [-0.2, 0) is 10.0 Å². The van der Waals surface area contributed by atoms with E-state index in [9.17, 15) is 12.8 Å². The maximum Gasteiger partial charge on any atom is 0.265 e. The molecule has 9 heteroatoms. The largest absolute Gasteiger partial charge is 0.360 e. The topological polar surface area (TPSA) is 74.8 Å². The molecule has 2 aromatic heterocycles. The number of fused-ring (bicyclic) bond motifs is 1. The third-order valence-electron chi connectivity index (χ3n) is 2.93. The summed E-state index contributed by atoms with van der Waals surface area (Å²) in [7, 11) is -4.01. The smallest absolute Gasteiger partial charge is 0.265 e. The van der Waals surface area contributed by atoms with Crippen molar-refractivity contribution in [1.29, 1.82) is 0 Å². The zero-order valence-electron chi connectivity index (χ0n) is 10.8. The molecule has 3 aromatic rings. The molecule has 0 radical (unpaired) electrons. The number of halogens is 3. The first-order valence-electron chi connectivity index (χ1n) is 5.97. The molecule has 0 aliphatic carbocycles. The van der Waals surface area contributed by atoms with Crippen LogP contribution in [0.25, 0.3) is 10.9 Å². The molecule has 1 aromatic carbocycles. The summed E-state index contributed by atoms with van der Waals surface area (Å²) in [5.41, 5.74) is 0.553. The molecule has 0 atom stereocenters. The molecular formula is C13H8Cl2FN3O2S. The van der Waals surface area contributed by atoms with Crippen LogP contribution in [0.5, 0.6) is 0 Å². The molecular weight excluding hydrogens is 352 g/mol. The number of aromatic amines is 1. The fourth-order valence-electron chi connectivity index (χ4n) is 1.97. The maximum absolute atomic E-state index is 13.7. The average Bonchev–Trinajstić information content (AvgIpc) is 2.85. The summed E-state index contributed by atoms with van der Waals surface area (Å²) in [4.78, 5) is 6.41. The summed E-state index contributed by atoms with van der Waals surface area (Å²) < 4.78 is 40.6. The molecule has 0 spiro atoms. The van der Waals surface area contributed by atoms with E-state index in [-0.39, 0.29) is 9.92 Å². The number of H-pyrrole nitrogens is 1. The number of hydrogen-bond acceptors (Lipinski definition) is 3. The Balaban J connectivity index is 2.05. The molecule has 0 saturated heterocycles. The number of benzene rings is 1. The van der Waals surface area contributed by atoms with Crippen LogP contribution in [0.4, 0.5) is 10.2 Å². The van der Waals surface area contributed by atoms with Crippen LogP contribution in [0, 0.1) is 5.82 Å². The normalized spacial score (nSPS) is 11.8. The van der Waals surface area contributed by atoms with Gasteiger partial charge in [-0.2, -0.15) is 0 Å². The lowest BCUT2D eigenvalue weighted by Gasteiger charge is -2.07. The lowest BCUT2D eigenvalue weighted by atomic mass is 10.2. The predicted octanol–water partition coefficient (Wildman–Crippen LogP) is 3.81. The van der Waals surface area contributed by atoms with Crippen molar-refractivity contribution in [3.63, 3.8) is 0 Å². The quantitative estimate of drug-likeness (QED) is 0.746. The molecule has 0 amide bonds. The number of sulfonamides is 1. The Morgan fingerprint density at radius 2 is 1.95 bits per heavy atom. The van der Waals surface area contributed by atoms with Crippen molar-refractivity contribution in [2.75, 3.05) is 4.72 Å². The van der Waals surface area contributed by atoms with Gasteiger partial charge in [-0.05, 0) is 24.3 Å². The second-order valence-electron chi connectivity index (χ2n) is 4.43. The first-order valence-corrected chi connectivity index (χ1v) is 8.21. The molecule has 2 N–H and O–H groups in total. The average molecular weight is 360 g/mol.